The van der Waals surface area contributed by atoms with E-state index in [1.807, 2.05) is 32.9 Å². The monoisotopic (exact) mass is 425 g/mol. The van der Waals surface area contributed by atoms with Crippen LogP contribution in [0.2, 0.25) is 0 Å². The maximum Gasteiger partial charge on any atom is 0.310 e. The van der Waals surface area contributed by atoms with Gasteiger partial charge in [0.15, 0.2) is 6.61 Å². The number of carbonyl (C=O) groups is 2. The van der Waals surface area contributed by atoms with Gasteiger partial charge < -0.3 is 23.9 Å². The van der Waals surface area contributed by atoms with Crippen molar-refractivity contribution in [3.63, 3.8) is 0 Å². The summed E-state index contributed by atoms with van der Waals surface area (Å²) >= 11 is 0. The molecule has 0 aliphatic heterocycles. The number of rotatable bonds is 8. The van der Waals surface area contributed by atoms with Gasteiger partial charge in [-0.1, -0.05) is 0 Å². The fourth-order valence-corrected chi connectivity index (χ4v) is 3.36. The highest BCUT2D eigenvalue weighted by Crippen LogP contribution is 2.29. The van der Waals surface area contributed by atoms with Crippen molar-refractivity contribution in [1.29, 1.82) is 0 Å². The minimum atomic E-state index is -0.498. The van der Waals surface area contributed by atoms with Crippen molar-refractivity contribution in [1.82, 2.24) is 5.32 Å². The topological polar surface area (TPSA) is 87.0 Å². The molecule has 2 aromatic carbocycles. The number of esters is 1. The Bertz CT molecular complexity index is 1100. The van der Waals surface area contributed by atoms with E-state index in [1.165, 1.54) is 0 Å². The molecule has 0 spiro atoms. The van der Waals surface area contributed by atoms with E-state index in [0.29, 0.717) is 11.5 Å². The Labute approximate surface area is 181 Å². The van der Waals surface area contributed by atoms with Crippen molar-refractivity contribution in [2.75, 3.05) is 20.8 Å². The fraction of sp³-hybridized carbons (Fsp3) is 0.333. The Morgan fingerprint density at radius 3 is 2.52 bits per heavy atom. The van der Waals surface area contributed by atoms with Gasteiger partial charge in [-0.25, -0.2) is 0 Å². The quantitative estimate of drug-likeness (QED) is 0.549. The number of aryl methyl sites for hydroxylation is 2. The minimum absolute atomic E-state index is 0.0298. The second-order valence-electron chi connectivity index (χ2n) is 7.43. The van der Waals surface area contributed by atoms with Gasteiger partial charge >= 0.3 is 5.97 Å². The lowest BCUT2D eigenvalue weighted by Crippen LogP contribution is -2.31. The Hall–Kier alpha value is -3.48. The number of hydrogen-bond acceptors (Lipinski definition) is 6. The summed E-state index contributed by atoms with van der Waals surface area (Å²) in [7, 11) is 3.13. The van der Waals surface area contributed by atoms with Crippen molar-refractivity contribution in [3.05, 3.63) is 58.8 Å². The van der Waals surface area contributed by atoms with E-state index in [-0.39, 0.29) is 19.1 Å². The molecule has 31 heavy (non-hydrogen) atoms. The van der Waals surface area contributed by atoms with Crippen molar-refractivity contribution < 1.29 is 28.2 Å². The zero-order valence-electron chi connectivity index (χ0n) is 18.4. The van der Waals surface area contributed by atoms with Crippen LogP contribution in [-0.2, 0) is 20.7 Å². The highest BCUT2D eigenvalue weighted by Gasteiger charge is 2.17. The molecule has 7 nitrogen and oxygen atoms in total. The van der Waals surface area contributed by atoms with E-state index in [9.17, 15) is 9.59 Å². The Kier molecular flexibility index (Phi) is 6.84. The van der Waals surface area contributed by atoms with E-state index in [1.54, 1.807) is 38.7 Å². The van der Waals surface area contributed by atoms with Gasteiger partial charge in [0.25, 0.3) is 5.91 Å². The maximum absolute atomic E-state index is 12.3. The zero-order valence-corrected chi connectivity index (χ0v) is 18.4. The molecule has 1 amide bonds. The third-order valence-corrected chi connectivity index (χ3v) is 5.25. The zero-order chi connectivity index (χ0) is 22.5. The molecule has 164 valence electrons. The number of fused-ring (bicyclic) bond motifs is 1. The number of hydrogen-bond donors (Lipinski definition) is 1. The smallest absolute Gasteiger partial charge is 0.310 e. The predicted octanol–water partition coefficient (Wildman–Crippen LogP) is 4.03. The van der Waals surface area contributed by atoms with E-state index in [4.69, 9.17) is 18.6 Å². The van der Waals surface area contributed by atoms with Gasteiger partial charge in [0.2, 0.25) is 0 Å². The summed E-state index contributed by atoms with van der Waals surface area (Å²) < 4.78 is 21.3. The normalized spacial score (nSPS) is 11.8. The molecular formula is C24H27NO6. The number of benzene rings is 2. The second-order valence-corrected chi connectivity index (χ2v) is 7.43. The van der Waals surface area contributed by atoms with Crippen LogP contribution in [0.1, 0.15) is 35.2 Å². The third-order valence-electron chi connectivity index (χ3n) is 5.25. The highest BCUT2D eigenvalue weighted by atomic mass is 16.5. The molecule has 3 rings (SSSR count). The summed E-state index contributed by atoms with van der Waals surface area (Å²) in [5, 5.41) is 3.69. The molecule has 1 N–H and O–H groups in total. The van der Waals surface area contributed by atoms with E-state index in [2.05, 4.69) is 5.32 Å². The summed E-state index contributed by atoms with van der Waals surface area (Å²) in [6.07, 6.45) is 1.59. The molecule has 0 unspecified atom stereocenters. The number of carbonyl (C=O) groups excluding carboxylic acids is 2. The van der Waals surface area contributed by atoms with Gasteiger partial charge in [-0.2, -0.15) is 0 Å². The SMILES string of the molecule is COc1ccc(OC)c([C@H](C)NC(=O)COC(=O)Cc2coc3cc(C)c(C)cc23)c1. The first kappa shape index (κ1) is 22.2. The molecular weight excluding hydrogens is 398 g/mol. The molecule has 3 aromatic rings. The summed E-state index contributed by atoms with van der Waals surface area (Å²) in [5.74, 6) is 0.376. The van der Waals surface area contributed by atoms with Gasteiger partial charge in [0, 0.05) is 16.5 Å². The van der Waals surface area contributed by atoms with Gasteiger partial charge in [-0.15, -0.1) is 0 Å². The number of methoxy groups -OCH3 is 2. The Morgan fingerprint density at radius 2 is 1.81 bits per heavy atom. The first-order chi connectivity index (χ1) is 14.8. The first-order valence-electron chi connectivity index (χ1n) is 9.96. The number of furan rings is 1. The van der Waals surface area contributed by atoms with Crippen molar-refractivity contribution >= 4 is 22.8 Å². The van der Waals surface area contributed by atoms with Crippen LogP contribution < -0.4 is 14.8 Å². The lowest BCUT2D eigenvalue weighted by Gasteiger charge is -2.18. The molecule has 0 saturated heterocycles. The maximum atomic E-state index is 12.3. The van der Waals surface area contributed by atoms with E-state index in [0.717, 1.165) is 33.2 Å². The van der Waals surface area contributed by atoms with E-state index < -0.39 is 11.9 Å². The average molecular weight is 425 g/mol. The van der Waals surface area contributed by atoms with Crippen LogP contribution in [-0.4, -0.2) is 32.7 Å². The Balaban J connectivity index is 1.57. The first-order valence-corrected chi connectivity index (χ1v) is 9.96. The number of ether oxygens (including phenoxy) is 3. The van der Waals surface area contributed by atoms with Crippen molar-refractivity contribution in [3.8, 4) is 11.5 Å². The van der Waals surface area contributed by atoms with Crippen molar-refractivity contribution in [2.24, 2.45) is 0 Å². The average Bonchev–Trinajstić information content (AvgIpc) is 3.13. The lowest BCUT2D eigenvalue weighted by atomic mass is 10.0. The van der Waals surface area contributed by atoms with Crippen LogP contribution in [0.15, 0.2) is 41.0 Å². The van der Waals surface area contributed by atoms with Gasteiger partial charge in [0.05, 0.1) is 32.9 Å². The van der Waals surface area contributed by atoms with Gasteiger partial charge in [-0.3, -0.25) is 9.59 Å². The highest BCUT2D eigenvalue weighted by molar-refractivity contribution is 5.87. The van der Waals surface area contributed by atoms with Crippen LogP contribution in [0, 0.1) is 13.8 Å². The van der Waals surface area contributed by atoms with Crippen molar-refractivity contribution in [2.45, 2.75) is 33.2 Å². The van der Waals surface area contributed by atoms with Crippen LogP contribution in [0.5, 0.6) is 11.5 Å². The molecule has 7 heteroatoms. The molecule has 0 bridgehead atoms. The van der Waals surface area contributed by atoms with Crippen LogP contribution >= 0.6 is 0 Å². The molecule has 1 atom stereocenters. The second kappa shape index (κ2) is 9.55. The minimum Gasteiger partial charge on any atom is -0.497 e. The molecule has 0 radical (unpaired) electrons. The standard InChI is InChI=1S/C24H27NO6/c1-14-8-20-17(12-30-22(20)9-15(14)2)10-24(27)31-13-23(26)25-16(3)19-11-18(28-4)6-7-21(19)29-5/h6-9,11-12,16H,10,13H2,1-5H3,(H,25,26)/t16-/m0/s1. The molecule has 0 aliphatic carbocycles. The Morgan fingerprint density at radius 1 is 1.06 bits per heavy atom. The predicted molar refractivity (Wildman–Crippen MR) is 116 cm³/mol. The molecule has 1 aromatic heterocycles. The number of amides is 1. The molecule has 1 heterocycles. The molecule has 0 saturated carbocycles. The third kappa shape index (κ3) is 5.17. The van der Waals surface area contributed by atoms with Crippen LogP contribution in [0.3, 0.4) is 0 Å². The van der Waals surface area contributed by atoms with Crippen LogP contribution in [0.4, 0.5) is 0 Å². The summed E-state index contributed by atoms with van der Waals surface area (Å²) in [4.78, 5) is 24.6. The van der Waals surface area contributed by atoms with E-state index >= 15 is 0 Å². The largest absolute Gasteiger partial charge is 0.497 e. The molecule has 0 aliphatic rings. The molecule has 0 fully saturated rings. The van der Waals surface area contributed by atoms with Gasteiger partial charge in [0.1, 0.15) is 17.1 Å². The van der Waals surface area contributed by atoms with Crippen LogP contribution in [0.25, 0.3) is 11.0 Å². The number of nitrogens with one attached hydrogen (secondary N) is 1. The lowest BCUT2D eigenvalue weighted by molar-refractivity contribution is -0.148. The fourth-order valence-electron chi connectivity index (χ4n) is 3.36. The summed E-state index contributed by atoms with van der Waals surface area (Å²) in [5.41, 5.74) is 4.46. The summed E-state index contributed by atoms with van der Waals surface area (Å²) in [6.45, 7) is 5.46. The summed E-state index contributed by atoms with van der Waals surface area (Å²) in [6, 6.07) is 8.92. The van der Waals surface area contributed by atoms with Gasteiger partial charge in [-0.05, 0) is 62.2 Å².